The molecule has 1 aromatic carbocycles. The predicted octanol–water partition coefficient (Wildman–Crippen LogP) is -1.14. The van der Waals surface area contributed by atoms with E-state index >= 15 is 0 Å². The van der Waals surface area contributed by atoms with E-state index in [4.69, 9.17) is 5.11 Å². The molecule has 7 N–H and O–H groups in total. The zero-order chi connectivity index (χ0) is 25.0. The summed E-state index contributed by atoms with van der Waals surface area (Å²) in [6.45, 7) is -0.360. The van der Waals surface area contributed by atoms with Crippen LogP contribution in [-0.4, -0.2) is 65.0 Å². The molecule has 15 nitrogen and oxygen atoms in total. The number of imide groups is 1. The van der Waals surface area contributed by atoms with Gasteiger partial charge in [0.15, 0.2) is 5.75 Å². The number of carbonyl (C=O) groups excluding carboxylic acids is 3. The molecule has 0 unspecified atom stereocenters. The first-order valence-corrected chi connectivity index (χ1v) is 10.9. The summed E-state index contributed by atoms with van der Waals surface area (Å²) >= 11 is 0. The van der Waals surface area contributed by atoms with Gasteiger partial charge in [-0.2, -0.15) is 8.42 Å². The van der Waals surface area contributed by atoms with E-state index in [-0.39, 0.29) is 24.3 Å². The number of β-lactam (4-membered cyclic amide) rings is 1. The highest BCUT2D eigenvalue weighted by molar-refractivity contribution is 7.91. The average molecular weight is 494 g/mol. The van der Waals surface area contributed by atoms with Gasteiger partial charge in [0.2, 0.25) is 5.43 Å². The molecule has 0 spiro atoms. The highest BCUT2D eigenvalue weighted by Crippen LogP contribution is 2.13. The zero-order valence-electron chi connectivity index (χ0n) is 17.1. The number of amides is 5. The van der Waals surface area contributed by atoms with Crippen LogP contribution >= 0.6 is 0 Å². The number of H-pyrrole nitrogens is 1. The maximum Gasteiger partial charge on any atom is 0.405 e. The number of aromatic hydroxyl groups is 1. The minimum absolute atomic E-state index is 0.0000657. The van der Waals surface area contributed by atoms with Crippen LogP contribution in [0.1, 0.15) is 16.1 Å². The molecule has 1 atom stereocenters. The SMILES string of the molecule is O=C(O)N[C@H]1CN(C(=O)NS(=O)(=O)Nc2ccc(C(=O)NCc3cc(=O)c(O)c[nH]3)cc2)C1=O. The lowest BCUT2D eigenvalue weighted by atomic mass is 10.1. The zero-order valence-corrected chi connectivity index (χ0v) is 17.9. The third-order valence-electron chi connectivity index (χ3n) is 4.48. The van der Waals surface area contributed by atoms with E-state index in [0.717, 1.165) is 12.3 Å². The van der Waals surface area contributed by atoms with Gasteiger partial charge in [0.1, 0.15) is 6.04 Å². The second-order valence-electron chi connectivity index (χ2n) is 6.93. The van der Waals surface area contributed by atoms with Crippen LogP contribution in [0.3, 0.4) is 0 Å². The number of nitrogens with one attached hydrogen (secondary N) is 5. The van der Waals surface area contributed by atoms with Gasteiger partial charge in [0.05, 0.1) is 18.8 Å². The summed E-state index contributed by atoms with van der Waals surface area (Å²) in [6.07, 6.45) is -0.368. The molecule has 1 aliphatic heterocycles. The molecule has 3 rings (SSSR count). The molecule has 0 radical (unpaired) electrons. The second-order valence-corrected chi connectivity index (χ2v) is 8.35. The molecule has 1 aliphatic rings. The number of aromatic nitrogens is 1. The number of hydrogen-bond donors (Lipinski definition) is 7. The number of benzene rings is 1. The van der Waals surface area contributed by atoms with Crippen molar-refractivity contribution in [3.8, 4) is 5.75 Å². The number of urea groups is 1. The fraction of sp³-hybridized carbons (Fsp3) is 0.167. The number of nitrogens with zero attached hydrogens (tertiary/aromatic N) is 1. The van der Waals surface area contributed by atoms with Crippen molar-refractivity contribution in [1.29, 1.82) is 0 Å². The first-order chi connectivity index (χ1) is 15.9. The Balaban J connectivity index is 1.53. The Morgan fingerprint density at radius 2 is 1.82 bits per heavy atom. The average Bonchev–Trinajstić information content (AvgIpc) is 2.76. The number of anilines is 1. The number of aromatic amines is 1. The first-order valence-electron chi connectivity index (χ1n) is 9.39. The third-order valence-corrected chi connectivity index (χ3v) is 5.43. The standard InChI is InChI=1S/C18H18N6O9S/c25-13-5-11(19-7-14(13)26)6-20-15(27)9-1-3-10(4-2-9)22-34(32,33)23-17(29)24-8-12(16(24)28)21-18(30)31/h1-5,7,12,21-22,26H,6,8H2,(H,19,25)(H,20,27)(H,23,29)(H,30,31)/t12-/m0/s1. The van der Waals surface area contributed by atoms with Crippen molar-refractivity contribution in [1.82, 2.24) is 25.2 Å². The Kier molecular flexibility index (Phi) is 6.71. The summed E-state index contributed by atoms with van der Waals surface area (Å²) < 4.78 is 27.9. The highest BCUT2D eigenvalue weighted by Gasteiger charge is 2.42. The molecule has 5 amide bonds. The first kappa shape index (κ1) is 24.1. The quantitative estimate of drug-likeness (QED) is 0.230. The lowest BCUT2D eigenvalue weighted by Gasteiger charge is -2.35. The molecule has 0 bridgehead atoms. The van der Waals surface area contributed by atoms with Crippen LogP contribution in [0.15, 0.2) is 41.3 Å². The molecule has 2 aromatic rings. The molecule has 2 heterocycles. The molecule has 1 saturated heterocycles. The Morgan fingerprint density at radius 3 is 2.41 bits per heavy atom. The van der Waals surface area contributed by atoms with Crippen molar-refractivity contribution in [2.75, 3.05) is 11.3 Å². The predicted molar refractivity (Wildman–Crippen MR) is 114 cm³/mol. The fourth-order valence-corrected chi connectivity index (χ4v) is 3.63. The lowest BCUT2D eigenvalue weighted by molar-refractivity contribution is -0.138. The van der Waals surface area contributed by atoms with Crippen molar-refractivity contribution >= 4 is 39.8 Å². The number of rotatable bonds is 7. The van der Waals surface area contributed by atoms with Gasteiger partial charge in [-0.1, -0.05) is 0 Å². The number of pyridine rings is 1. The molecule has 180 valence electrons. The summed E-state index contributed by atoms with van der Waals surface area (Å²) in [5.74, 6) is -1.89. The van der Waals surface area contributed by atoms with Gasteiger partial charge in [-0.05, 0) is 24.3 Å². The van der Waals surface area contributed by atoms with E-state index in [1.807, 2.05) is 10.0 Å². The summed E-state index contributed by atoms with van der Waals surface area (Å²) in [6, 6.07) is 3.84. The minimum atomic E-state index is -4.44. The maximum absolute atomic E-state index is 12.2. The summed E-state index contributed by atoms with van der Waals surface area (Å²) in [4.78, 5) is 61.0. The van der Waals surface area contributed by atoms with Crippen molar-refractivity contribution < 1.29 is 37.8 Å². The summed E-state index contributed by atoms with van der Waals surface area (Å²) in [5.41, 5.74) is -0.0970. The van der Waals surface area contributed by atoms with Crippen molar-refractivity contribution in [3.63, 3.8) is 0 Å². The van der Waals surface area contributed by atoms with Gasteiger partial charge in [0, 0.05) is 23.5 Å². The Bertz CT molecular complexity index is 1310. The van der Waals surface area contributed by atoms with Crippen LogP contribution in [0.25, 0.3) is 0 Å². The lowest BCUT2D eigenvalue weighted by Crippen LogP contribution is -2.67. The van der Waals surface area contributed by atoms with Gasteiger partial charge in [-0.25, -0.2) is 14.3 Å². The third kappa shape index (κ3) is 5.80. The van der Waals surface area contributed by atoms with Gasteiger partial charge in [-0.3, -0.25) is 24.0 Å². The maximum atomic E-state index is 12.2. The van der Waals surface area contributed by atoms with Crippen LogP contribution in [0, 0.1) is 0 Å². The molecular weight excluding hydrogens is 476 g/mol. The number of carbonyl (C=O) groups is 4. The normalized spacial score (nSPS) is 15.1. The van der Waals surface area contributed by atoms with Crippen LogP contribution < -0.4 is 25.5 Å². The fourth-order valence-electron chi connectivity index (χ4n) is 2.79. The molecule has 1 aromatic heterocycles. The van der Waals surface area contributed by atoms with Crippen molar-refractivity contribution in [3.05, 3.63) is 58.0 Å². The second kappa shape index (κ2) is 9.49. The van der Waals surface area contributed by atoms with E-state index in [0.29, 0.717) is 10.6 Å². The van der Waals surface area contributed by atoms with E-state index in [2.05, 4.69) is 10.3 Å². The van der Waals surface area contributed by atoms with Crippen LogP contribution in [0.4, 0.5) is 15.3 Å². The smallest absolute Gasteiger partial charge is 0.405 e. The van der Waals surface area contributed by atoms with E-state index in [9.17, 15) is 37.5 Å². The highest BCUT2D eigenvalue weighted by atomic mass is 32.2. The van der Waals surface area contributed by atoms with E-state index in [1.54, 1.807) is 4.72 Å². The number of likely N-dealkylation sites (tertiary alicyclic amines) is 1. The largest absolute Gasteiger partial charge is 0.503 e. The number of hydrogen-bond acceptors (Lipinski definition) is 8. The van der Waals surface area contributed by atoms with Crippen LogP contribution in [0.5, 0.6) is 5.75 Å². The minimum Gasteiger partial charge on any atom is -0.503 e. The molecule has 1 fully saturated rings. The van der Waals surface area contributed by atoms with E-state index < -0.39 is 51.4 Å². The van der Waals surface area contributed by atoms with Crippen LogP contribution in [-0.2, 0) is 21.5 Å². The Labute approximate surface area is 191 Å². The van der Waals surface area contributed by atoms with Gasteiger partial charge in [-0.15, -0.1) is 0 Å². The topological polar surface area (TPSA) is 227 Å². The summed E-state index contributed by atoms with van der Waals surface area (Å²) in [7, 11) is -4.44. The van der Waals surface area contributed by atoms with Crippen LogP contribution in [0.2, 0.25) is 0 Å². The Morgan fingerprint density at radius 1 is 1.15 bits per heavy atom. The van der Waals surface area contributed by atoms with Gasteiger partial charge < -0.3 is 25.8 Å². The van der Waals surface area contributed by atoms with Crippen molar-refractivity contribution in [2.45, 2.75) is 12.6 Å². The Hall–Kier alpha value is -4.60. The van der Waals surface area contributed by atoms with Gasteiger partial charge in [0.25, 0.3) is 11.8 Å². The molecule has 16 heteroatoms. The monoisotopic (exact) mass is 494 g/mol. The molecule has 0 aliphatic carbocycles. The van der Waals surface area contributed by atoms with Crippen molar-refractivity contribution in [2.24, 2.45) is 0 Å². The molecule has 34 heavy (non-hydrogen) atoms. The molecule has 0 saturated carbocycles. The summed E-state index contributed by atoms with van der Waals surface area (Å²) in [5, 5.41) is 22.2. The molecular formula is C18H18N6O9S. The van der Waals surface area contributed by atoms with E-state index in [1.165, 1.54) is 24.3 Å². The van der Waals surface area contributed by atoms with Gasteiger partial charge >= 0.3 is 22.3 Å². The number of carboxylic acid groups (broad SMARTS) is 1.